The van der Waals surface area contributed by atoms with Crippen molar-refractivity contribution in [2.24, 2.45) is 0 Å². The highest BCUT2D eigenvalue weighted by Crippen LogP contribution is 2.22. The highest BCUT2D eigenvalue weighted by atomic mass is 35.5. The number of nitrogens with one attached hydrogen (secondary N) is 1. The van der Waals surface area contributed by atoms with Crippen LogP contribution in [-0.2, 0) is 14.8 Å². The number of sulfonamides is 1. The Morgan fingerprint density at radius 2 is 2.17 bits per heavy atom. The van der Waals surface area contributed by atoms with Crippen LogP contribution < -0.4 is 5.32 Å². The highest BCUT2D eigenvalue weighted by Gasteiger charge is 2.26. The maximum absolute atomic E-state index is 12.6. The standard InChI is InChI=1S/C16H17ClN2O3S2/c1-3-8-19(24(21,22)16-5-4-9-23-16)11-15(20)18-14-7-6-13(17)10-12(14)2/h3-7,9-10H,1,8,11H2,2H3,(H,18,20). The van der Waals surface area contributed by atoms with Gasteiger partial charge in [-0.15, -0.1) is 17.9 Å². The fraction of sp³-hybridized carbons (Fsp3) is 0.188. The zero-order valence-corrected chi connectivity index (χ0v) is 15.4. The van der Waals surface area contributed by atoms with E-state index in [1.54, 1.807) is 29.6 Å². The first-order chi connectivity index (χ1) is 11.3. The average Bonchev–Trinajstić information content (AvgIpc) is 3.05. The molecule has 128 valence electrons. The van der Waals surface area contributed by atoms with Crippen LogP contribution in [0, 0.1) is 6.92 Å². The lowest BCUT2D eigenvalue weighted by molar-refractivity contribution is -0.116. The van der Waals surface area contributed by atoms with Gasteiger partial charge in [0.2, 0.25) is 5.91 Å². The van der Waals surface area contributed by atoms with Crippen molar-refractivity contribution in [1.29, 1.82) is 0 Å². The van der Waals surface area contributed by atoms with Gasteiger partial charge in [-0.3, -0.25) is 4.79 Å². The first-order valence-corrected chi connectivity index (χ1v) is 9.75. The topological polar surface area (TPSA) is 66.5 Å². The zero-order valence-electron chi connectivity index (χ0n) is 13.0. The van der Waals surface area contributed by atoms with Gasteiger partial charge in [0, 0.05) is 17.3 Å². The van der Waals surface area contributed by atoms with Gasteiger partial charge in [-0.2, -0.15) is 4.31 Å². The molecule has 0 aliphatic heterocycles. The number of hydrogen-bond donors (Lipinski definition) is 1. The second-order valence-corrected chi connectivity index (χ2v) is 8.57. The molecule has 0 fully saturated rings. The first kappa shape index (κ1) is 18.7. The van der Waals surface area contributed by atoms with Crippen LogP contribution in [0.2, 0.25) is 5.02 Å². The number of anilines is 1. The van der Waals surface area contributed by atoms with Gasteiger partial charge in [0.15, 0.2) is 0 Å². The number of nitrogens with zero attached hydrogens (tertiary/aromatic N) is 1. The van der Waals surface area contributed by atoms with Crippen molar-refractivity contribution in [3.8, 4) is 0 Å². The number of hydrogen-bond acceptors (Lipinski definition) is 4. The molecule has 0 spiro atoms. The van der Waals surface area contributed by atoms with Crippen LogP contribution >= 0.6 is 22.9 Å². The molecule has 1 amide bonds. The molecule has 8 heteroatoms. The number of halogens is 1. The minimum Gasteiger partial charge on any atom is -0.325 e. The van der Waals surface area contributed by atoms with Gasteiger partial charge in [0.25, 0.3) is 10.0 Å². The molecule has 0 aliphatic rings. The zero-order chi connectivity index (χ0) is 17.7. The fourth-order valence-electron chi connectivity index (χ4n) is 2.05. The largest absolute Gasteiger partial charge is 0.325 e. The molecule has 0 radical (unpaired) electrons. The van der Waals surface area contributed by atoms with Gasteiger partial charge in [-0.25, -0.2) is 8.42 Å². The molecule has 24 heavy (non-hydrogen) atoms. The summed E-state index contributed by atoms with van der Waals surface area (Å²) >= 11 is 6.99. The minimum atomic E-state index is -3.73. The van der Waals surface area contributed by atoms with E-state index in [0.29, 0.717) is 10.7 Å². The molecule has 0 atom stereocenters. The molecule has 0 saturated carbocycles. The van der Waals surface area contributed by atoms with Crippen LogP contribution in [0.4, 0.5) is 5.69 Å². The number of thiophene rings is 1. The van der Waals surface area contributed by atoms with Crippen molar-refractivity contribution in [3.05, 3.63) is 59.0 Å². The van der Waals surface area contributed by atoms with Crippen LogP contribution in [-0.4, -0.2) is 31.7 Å². The number of carbonyl (C=O) groups excluding carboxylic acids is 1. The van der Waals surface area contributed by atoms with E-state index in [4.69, 9.17) is 11.6 Å². The Bertz CT molecular complexity index is 833. The van der Waals surface area contributed by atoms with E-state index in [9.17, 15) is 13.2 Å². The summed E-state index contributed by atoms with van der Waals surface area (Å²) in [5, 5.41) is 4.95. The molecule has 0 bridgehead atoms. The molecule has 1 N–H and O–H groups in total. The highest BCUT2D eigenvalue weighted by molar-refractivity contribution is 7.91. The van der Waals surface area contributed by atoms with Crippen LogP contribution in [0.15, 0.2) is 52.6 Å². The Morgan fingerprint density at radius 3 is 2.75 bits per heavy atom. The van der Waals surface area contributed by atoms with E-state index in [1.165, 1.54) is 12.1 Å². The maximum Gasteiger partial charge on any atom is 0.253 e. The van der Waals surface area contributed by atoms with Crippen LogP contribution in [0.25, 0.3) is 0 Å². The molecule has 1 aromatic carbocycles. The van der Waals surface area contributed by atoms with Gasteiger partial charge < -0.3 is 5.32 Å². The average molecular weight is 385 g/mol. The fourth-order valence-corrected chi connectivity index (χ4v) is 4.78. The van der Waals surface area contributed by atoms with E-state index in [1.807, 2.05) is 6.92 Å². The maximum atomic E-state index is 12.6. The van der Waals surface area contributed by atoms with E-state index < -0.39 is 15.9 Å². The summed E-state index contributed by atoms with van der Waals surface area (Å²) in [6, 6.07) is 8.23. The molecule has 1 aromatic heterocycles. The summed E-state index contributed by atoms with van der Waals surface area (Å²) in [5.41, 5.74) is 1.39. The summed E-state index contributed by atoms with van der Waals surface area (Å²) in [6.45, 7) is 5.12. The number of carbonyl (C=O) groups is 1. The number of amides is 1. The molecule has 0 saturated heterocycles. The normalized spacial score (nSPS) is 11.5. The van der Waals surface area contributed by atoms with E-state index in [2.05, 4.69) is 11.9 Å². The number of aryl methyl sites for hydroxylation is 1. The van der Waals surface area contributed by atoms with E-state index in [0.717, 1.165) is 21.2 Å². The van der Waals surface area contributed by atoms with Crippen LogP contribution in [0.5, 0.6) is 0 Å². The molecule has 2 rings (SSSR count). The minimum absolute atomic E-state index is 0.0489. The lowest BCUT2D eigenvalue weighted by atomic mass is 10.2. The smallest absolute Gasteiger partial charge is 0.253 e. The quantitative estimate of drug-likeness (QED) is 0.742. The summed E-state index contributed by atoms with van der Waals surface area (Å²) in [5.74, 6) is -0.428. The van der Waals surface area contributed by atoms with E-state index >= 15 is 0 Å². The van der Waals surface area contributed by atoms with E-state index in [-0.39, 0.29) is 17.3 Å². The molecular formula is C16H17ClN2O3S2. The Kier molecular flexibility index (Phi) is 6.17. The van der Waals surface area contributed by atoms with Gasteiger partial charge in [0.1, 0.15) is 4.21 Å². The second-order valence-electron chi connectivity index (χ2n) is 5.03. The molecule has 0 unspecified atom stereocenters. The first-order valence-electron chi connectivity index (χ1n) is 7.05. The molecule has 1 heterocycles. The molecule has 5 nitrogen and oxygen atoms in total. The molecular weight excluding hydrogens is 368 g/mol. The molecule has 0 aliphatic carbocycles. The van der Waals surface area contributed by atoms with Crippen LogP contribution in [0.3, 0.4) is 0 Å². The lowest BCUT2D eigenvalue weighted by Gasteiger charge is -2.19. The summed E-state index contributed by atoms with van der Waals surface area (Å²) in [4.78, 5) is 12.3. The van der Waals surface area contributed by atoms with Crippen molar-refractivity contribution >= 4 is 44.6 Å². The van der Waals surface area contributed by atoms with Gasteiger partial charge in [0.05, 0.1) is 6.54 Å². The number of rotatable bonds is 7. The third-order valence-corrected chi connectivity index (χ3v) is 6.62. The van der Waals surface area contributed by atoms with Crippen LogP contribution in [0.1, 0.15) is 5.56 Å². The van der Waals surface area contributed by atoms with Crippen molar-refractivity contribution in [1.82, 2.24) is 4.31 Å². The second kappa shape index (κ2) is 7.94. The van der Waals surface area contributed by atoms with Crippen molar-refractivity contribution < 1.29 is 13.2 Å². The lowest BCUT2D eigenvalue weighted by Crippen LogP contribution is -2.37. The van der Waals surface area contributed by atoms with Gasteiger partial charge in [-0.05, 0) is 42.1 Å². The van der Waals surface area contributed by atoms with Gasteiger partial charge >= 0.3 is 0 Å². The summed E-state index contributed by atoms with van der Waals surface area (Å²) < 4.78 is 26.4. The Morgan fingerprint density at radius 1 is 1.42 bits per heavy atom. The Balaban J connectivity index is 2.15. The van der Waals surface area contributed by atoms with Gasteiger partial charge in [-0.1, -0.05) is 23.7 Å². The third kappa shape index (κ3) is 4.45. The summed E-state index contributed by atoms with van der Waals surface area (Å²) in [6.07, 6.45) is 1.45. The Hall–Kier alpha value is -1.67. The monoisotopic (exact) mass is 384 g/mol. The van der Waals surface area contributed by atoms with Crippen molar-refractivity contribution in [3.63, 3.8) is 0 Å². The molecule has 2 aromatic rings. The summed E-state index contributed by atoms with van der Waals surface area (Å²) in [7, 11) is -3.73. The van der Waals surface area contributed by atoms with Crippen molar-refractivity contribution in [2.45, 2.75) is 11.1 Å². The third-order valence-electron chi connectivity index (χ3n) is 3.20. The number of benzene rings is 1. The Labute approximate surface area is 150 Å². The predicted molar refractivity (Wildman–Crippen MR) is 98.1 cm³/mol. The SMILES string of the molecule is C=CCN(CC(=O)Nc1ccc(Cl)cc1C)S(=O)(=O)c1cccs1. The predicted octanol–water partition coefficient (Wildman–Crippen LogP) is 3.53. The van der Waals surface area contributed by atoms with Crippen molar-refractivity contribution in [2.75, 3.05) is 18.4 Å².